The number of rotatable bonds is 4. The molecular formula is C15H6F9N3O4. The predicted molar refractivity (Wildman–Crippen MR) is 84.5 cm³/mol. The average molecular weight is 463 g/mol. The van der Waals surface area contributed by atoms with Crippen molar-refractivity contribution in [1.29, 1.82) is 0 Å². The van der Waals surface area contributed by atoms with Gasteiger partial charge in [0.1, 0.15) is 5.69 Å². The van der Waals surface area contributed by atoms with Crippen LogP contribution < -0.4 is 5.32 Å². The summed E-state index contributed by atoms with van der Waals surface area (Å²) in [7, 11) is 0. The van der Waals surface area contributed by atoms with Crippen LogP contribution in [0.3, 0.4) is 0 Å². The number of benzene rings is 2. The Balaban J connectivity index is 2.76. The summed E-state index contributed by atoms with van der Waals surface area (Å²) < 4.78 is 117. The summed E-state index contributed by atoms with van der Waals surface area (Å²) in [6.07, 6.45) is -16.5. The molecule has 2 aromatic rings. The van der Waals surface area contributed by atoms with Crippen molar-refractivity contribution in [3.63, 3.8) is 0 Å². The Bertz CT molecular complexity index is 1050. The van der Waals surface area contributed by atoms with E-state index in [1.165, 1.54) is 0 Å². The maximum Gasteiger partial charge on any atom is 0.418 e. The van der Waals surface area contributed by atoms with Crippen LogP contribution in [0, 0.1) is 20.2 Å². The van der Waals surface area contributed by atoms with E-state index in [0.717, 1.165) is 0 Å². The van der Waals surface area contributed by atoms with Gasteiger partial charge in [0.2, 0.25) is 0 Å². The Morgan fingerprint density at radius 1 is 0.677 bits per heavy atom. The molecule has 0 aliphatic heterocycles. The predicted octanol–water partition coefficient (Wildman–Crippen LogP) is 6.30. The molecule has 2 rings (SSSR count). The largest absolute Gasteiger partial charge is 0.418 e. The molecule has 0 spiro atoms. The quantitative estimate of drug-likeness (QED) is 0.326. The van der Waals surface area contributed by atoms with Crippen LogP contribution in [0.5, 0.6) is 0 Å². The minimum absolute atomic E-state index is 0.0738. The minimum atomic E-state index is -5.57. The Hall–Kier alpha value is -3.59. The van der Waals surface area contributed by atoms with Crippen molar-refractivity contribution in [2.24, 2.45) is 0 Å². The molecule has 0 aromatic heterocycles. The summed E-state index contributed by atoms with van der Waals surface area (Å²) in [5, 5.41) is 23.5. The number of nitro benzene ring substituents is 2. The fourth-order valence-electron chi connectivity index (χ4n) is 2.46. The second-order valence-electron chi connectivity index (χ2n) is 5.78. The highest BCUT2D eigenvalue weighted by Gasteiger charge is 2.44. The molecular weight excluding hydrogens is 457 g/mol. The number of anilines is 2. The summed E-state index contributed by atoms with van der Waals surface area (Å²) in [6, 6.07) is 0.0729. The van der Waals surface area contributed by atoms with Crippen molar-refractivity contribution >= 4 is 22.7 Å². The van der Waals surface area contributed by atoms with Crippen LogP contribution in [0.1, 0.15) is 16.7 Å². The Kier molecular flexibility index (Phi) is 5.80. The van der Waals surface area contributed by atoms with Crippen LogP contribution in [0.15, 0.2) is 30.3 Å². The van der Waals surface area contributed by atoms with E-state index in [4.69, 9.17) is 0 Å². The fraction of sp³-hybridized carbons (Fsp3) is 0.200. The fourth-order valence-corrected chi connectivity index (χ4v) is 2.46. The standard InChI is InChI=1S/C15H6F9N3O4/c16-13(17,18)8-2-1-6(3-9(8)14(19,20)21)25-12-10(15(22,23)24)4-7(26(28)29)5-11(12)27(30)31/h1-5,25H. The van der Waals surface area contributed by atoms with Gasteiger partial charge in [-0.05, 0) is 18.2 Å². The van der Waals surface area contributed by atoms with Gasteiger partial charge in [0.15, 0.2) is 0 Å². The zero-order valence-corrected chi connectivity index (χ0v) is 14.3. The number of hydrogen-bond acceptors (Lipinski definition) is 5. The molecule has 0 unspecified atom stereocenters. The van der Waals surface area contributed by atoms with Gasteiger partial charge in [-0.3, -0.25) is 20.2 Å². The van der Waals surface area contributed by atoms with Gasteiger partial charge in [-0.1, -0.05) is 0 Å². The molecule has 0 amide bonds. The maximum absolute atomic E-state index is 13.3. The molecule has 168 valence electrons. The van der Waals surface area contributed by atoms with Crippen LogP contribution in [0.25, 0.3) is 0 Å². The van der Waals surface area contributed by atoms with Crippen LogP contribution in [-0.4, -0.2) is 9.85 Å². The van der Waals surface area contributed by atoms with Crippen molar-refractivity contribution in [2.45, 2.75) is 18.5 Å². The molecule has 31 heavy (non-hydrogen) atoms. The molecule has 0 radical (unpaired) electrons. The van der Waals surface area contributed by atoms with E-state index >= 15 is 0 Å². The van der Waals surface area contributed by atoms with E-state index < -0.39 is 67.8 Å². The highest BCUT2D eigenvalue weighted by atomic mass is 19.4. The molecule has 16 heteroatoms. The Morgan fingerprint density at radius 2 is 1.19 bits per heavy atom. The smallest absolute Gasteiger partial charge is 0.349 e. The first kappa shape index (κ1) is 23.7. The maximum atomic E-state index is 13.3. The van der Waals surface area contributed by atoms with Gasteiger partial charge in [0.05, 0.1) is 32.6 Å². The van der Waals surface area contributed by atoms with Gasteiger partial charge in [-0.2, -0.15) is 39.5 Å². The lowest BCUT2D eigenvalue weighted by atomic mass is 10.0. The minimum Gasteiger partial charge on any atom is -0.349 e. The SMILES string of the molecule is O=[N+]([O-])c1cc([N+](=O)[O-])c(Nc2ccc(C(F)(F)F)c(C(F)(F)F)c2)c(C(F)(F)F)c1. The van der Waals surface area contributed by atoms with Crippen molar-refractivity contribution in [1.82, 2.24) is 0 Å². The molecule has 0 bridgehead atoms. The molecule has 0 atom stereocenters. The molecule has 1 N–H and O–H groups in total. The second kappa shape index (κ2) is 7.59. The van der Waals surface area contributed by atoms with Crippen LogP contribution in [-0.2, 0) is 18.5 Å². The number of non-ortho nitro benzene ring substituents is 1. The first-order valence-corrected chi connectivity index (χ1v) is 7.52. The van der Waals surface area contributed by atoms with E-state index in [1.807, 2.05) is 0 Å². The lowest BCUT2D eigenvalue weighted by Crippen LogP contribution is -2.17. The molecule has 7 nitrogen and oxygen atoms in total. The van der Waals surface area contributed by atoms with Gasteiger partial charge in [0.25, 0.3) is 11.4 Å². The monoisotopic (exact) mass is 463 g/mol. The molecule has 0 saturated heterocycles. The topological polar surface area (TPSA) is 98.3 Å². The highest BCUT2D eigenvalue weighted by Crippen LogP contribution is 2.45. The van der Waals surface area contributed by atoms with Crippen molar-refractivity contribution in [3.05, 3.63) is 67.3 Å². The van der Waals surface area contributed by atoms with E-state index in [-0.39, 0.29) is 24.3 Å². The van der Waals surface area contributed by atoms with Crippen LogP contribution >= 0.6 is 0 Å². The Morgan fingerprint density at radius 3 is 1.61 bits per heavy atom. The number of hydrogen-bond donors (Lipinski definition) is 1. The number of nitrogens with zero attached hydrogens (tertiary/aromatic N) is 2. The number of nitro groups is 2. The van der Waals surface area contributed by atoms with Gasteiger partial charge in [0, 0.05) is 11.8 Å². The molecule has 0 aliphatic rings. The van der Waals surface area contributed by atoms with Gasteiger partial charge >= 0.3 is 18.5 Å². The first-order valence-electron chi connectivity index (χ1n) is 7.52. The van der Waals surface area contributed by atoms with Gasteiger partial charge in [-0.15, -0.1) is 0 Å². The van der Waals surface area contributed by atoms with Crippen molar-refractivity contribution in [3.8, 4) is 0 Å². The molecule has 0 aliphatic carbocycles. The number of alkyl halides is 9. The van der Waals surface area contributed by atoms with Gasteiger partial charge in [-0.25, -0.2) is 0 Å². The third kappa shape index (κ3) is 5.13. The lowest BCUT2D eigenvalue weighted by molar-refractivity contribution is -0.394. The third-order valence-electron chi connectivity index (χ3n) is 3.71. The summed E-state index contributed by atoms with van der Waals surface area (Å²) in [5.74, 6) is 0. The van der Waals surface area contributed by atoms with E-state index in [9.17, 15) is 59.7 Å². The van der Waals surface area contributed by atoms with Crippen LogP contribution in [0.2, 0.25) is 0 Å². The summed E-state index contributed by atoms with van der Waals surface area (Å²) >= 11 is 0. The molecule has 0 fully saturated rings. The second-order valence-corrected chi connectivity index (χ2v) is 5.78. The summed E-state index contributed by atoms with van der Waals surface area (Å²) in [5.41, 5.74) is -11.8. The zero-order chi connectivity index (χ0) is 23.9. The highest BCUT2D eigenvalue weighted by molar-refractivity contribution is 5.76. The Labute approximate surface area is 164 Å². The average Bonchev–Trinajstić information content (AvgIpc) is 2.58. The normalized spacial score (nSPS) is 12.5. The first-order chi connectivity index (χ1) is 13.9. The van der Waals surface area contributed by atoms with E-state index in [2.05, 4.69) is 0 Å². The lowest BCUT2D eigenvalue weighted by Gasteiger charge is -2.18. The summed E-state index contributed by atoms with van der Waals surface area (Å²) in [4.78, 5) is 19.1. The molecule has 0 saturated carbocycles. The van der Waals surface area contributed by atoms with Crippen molar-refractivity contribution < 1.29 is 49.4 Å². The third-order valence-corrected chi connectivity index (χ3v) is 3.71. The zero-order valence-electron chi connectivity index (χ0n) is 14.3. The van der Waals surface area contributed by atoms with Crippen molar-refractivity contribution in [2.75, 3.05) is 5.32 Å². The van der Waals surface area contributed by atoms with Crippen LogP contribution in [0.4, 0.5) is 62.3 Å². The number of nitrogens with one attached hydrogen (secondary N) is 1. The number of halogens is 9. The van der Waals surface area contributed by atoms with Gasteiger partial charge < -0.3 is 5.32 Å². The molecule has 2 aromatic carbocycles. The van der Waals surface area contributed by atoms with E-state index in [0.29, 0.717) is 6.07 Å². The summed E-state index contributed by atoms with van der Waals surface area (Å²) in [6.45, 7) is 0. The molecule has 0 heterocycles. The van der Waals surface area contributed by atoms with E-state index in [1.54, 1.807) is 5.32 Å².